The minimum absolute atomic E-state index is 0.0411. The number of aromatic carboxylic acids is 1. The Morgan fingerprint density at radius 3 is 2.22 bits per heavy atom. The number of carbonyl (C=O) groups excluding carboxylic acids is 1. The van der Waals surface area contributed by atoms with Crippen LogP contribution in [-0.2, 0) is 0 Å². The molecule has 3 N–H and O–H groups in total. The van der Waals surface area contributed by atoms with Crippen LogP contribution >= 0.6 is 0 Å². The van der Waals surface area contributed by atoms with Crippen LogP contribution in [-0.4, -0.2) is 58.6 Å². The molecular formula is C25H29F3N2O6. The van der Waals surface area contributed by atoms with Gasteiger partial charge in [-0.2, -0.15) is 13.2 Å². The Labute approximate surface area is 206 Å². The second-order valence-electron chi connectivity index (χ2n) is 9.27. The number of halogens is 3. The number of benzene rings is 2. The van der Waals surface area contributed by atoms with E-state index >= 15 is 0 Å². The van der Waals surface area contributed by atoms with Gasteiger partial charge < -0.3 is 29.9 Å². The Morgan fingerprint density at radius 2 is 1.67 bits per heavy atom. The van der Waals surface area contributed by atoms with Crippen LogP contribution in [0.3, 0.4) is 0 Å². The van der Waals surface area contributed by atoms with Gasteiger partial charge in [0.25, 0.3) is 0 Å². The van der Waals surface area contributed by atoms with Crippen LogP contribution in [0.4, 0.5) is 23.7 Å². The van der Waals surface area contributed by atoms with E-state index in [9.17, 15) is 27.9 Å². The number of hydrogen-bond acceptors (Lipinski definition) is 5. The lowest BCUT2D eigenvalue weighted by Crippen LogP contribution is -2.48. The first-order valence-corrected chi connectivity index (χ1v) is 11.5. The highest BCUT2D eigenvalue weighted by atomic mass is 19.4. The lowest BCUT2D eigenvalue weighted by Gasteiger charge is -2.39. The highest BCUT2D eigenvalue weighted by Crippen LogP contribution is 2.32. The second kappa shape index (κ2) is 11.1. The van der Waals surface area contributed by atoms with Gasteiger partial charge in [0.15, 0.2) is 6.61 Å². The Balaban J connectivity index is 1.74. The third-order valence-electron chi connectivity index (χ3n) is 5.64. The van der Waals surface area contributed by atoms with E-state index in [4.69, 9.17) is 14.6 Å². The van der Waals surface area contributed by atoms with Crippen molar-refractivity contribution in [1.29, 1.82) is 0 Å². The Kier molecular flexibility index (Phi) is 8.34. The summed E-state index contributed by atoms with van der Waals surface area (Å²) in [6.45, 7) is 3.17. The molecule has 3 rings (SSSR count). The molecule has 1 heterocycles. The number of piperidine rings is 1. The summed E-state index contributed by atoms with van der Waals surface area (Å²) < 4.78 is 48.6. The number of nitrogens with one attached hydrogen (secondary N) is 1. The molecular weight excluding hydrogens is 481 g/mol. The van der Waals surface area contributed by atoms with E-state index < -0.39 is 30.4 Å². The molecule has 0 bridgehead atoms. The van der Waals surface area contributed by atoms with Crippen LogP contribution in [0, 0.1) is 5.92 Å². The number of anilines is 1. The maximum absolute atomic E-state index is 12.8. The number of likely N-dealkylation sites (tertiary alicyclic amines) is 1. The molecule has 0 saturated carbocycles. The van der Waals surface area contributed by atoms with Crippen molar-refractivity contribution < 1.29 is 42.4 Å². The number of rotatable bonds is 8. The molecule has 2 amide bonds. The summed E-state index contributed by atoms with van der Waals surface area (Å²) in [5, 5.41) is 22.4. The monoisotopic (exact) mass is 510 g/mol. The van der Waals surface area contributed by atoms with Crippen LogP contribution in [0.5, 0.6) is 17.2 Å². The van der Waals surface area contributed by atoms with Crippen molar-refractivity contribution in [1.82, 2.24) is 4.90 Å². The summed E-state index contributed by atoms with van der Waals surface area (Å²) in [5.74, 6) is -0.654. The largest absolute Gasteiger partial charge is 0.484 e. The predicted octanol–water partition coefficient (Wildman–Crippen LogP) is 5.52. The number of carbonyl (C=O) groups is 2. The van der Waals surface area contributed by atoms with Crippen LogP contribution in [0.1, 0.15) is 43.5 Å². The van der Waals surface area contributed by atoms with Gasteiger partial charge in [0.2, 0.25) is 0 Å². The molecule has 36 heavy (non-hydrogen) atoms. The van der Waals surface area contributed by atoms with Gasteiger partial charge in [0.05, 0.1) is 11.2 Å². The molecule has 1 saturated heterocycles. The van der Waals surface area contributed by atoms with E-state index in [1.54, 1.807) is 0 Å². The van der Waals surface area contributed by atoms with Crippen molar-refractivity contribution in [3.63, 3.8) is 0 Å². The molecule has 1 aliphatic rings. The van der Waals surface area contributed by atoms with Gasteiger partial charge in [-0.25, -0.2) is 9.59 Å². The van der Waals surface area contributed by atoms with Crippen molar-refractivity contribution in [2.24, 2.45) is 5.92 Å². The van der Waals surface area contributed by atoms with Crippen molar-refractivity contribution in [2.45, 2.75) is 44.9 Å². The minimum atomic E-state index is -4.56. The van der Waals surface area contributed by atoms with Crippen LogP contribution in [0.15, 0.2) is 42.5 Å². The second-order valence-corrected chi connectivity index (χ2v) is 9.27. The molecule has 0 radical (unpaired) electrons. The molecule has 0 aromatic heterocycles. The lowest BCUT2D eigenvalue weighted by atomic mass is 9.84. The molecule has 0 spiro atoms. The Bertz CT molecular complexity index is 1060. The quantitative estimate of drug-likeness (QED) is 0.431. The number of carboxylic acids is 1. The van der Waals surface area contributed by atoms with Crippen molar-refractivity contribution >= 4 is 17.7 Å². The molecule has 0 unspecified atom stereocenters. The summed E-state index contributed by atoms with van der Waals surface area (Å²) in [7, 11) is 0. The van der Waals surface area contributed by atoms with Gasteiger partial charge >= 0.3 is 18.2 Å². The summed E-state index contributed by atoms with van der Waals surface area (Å²) in [4.78, 5) is 25.4. The number of alkyl halides is 3. The fourth-order valence-corrected chi connectivity index (χ4v) is 4.05. The zero-order valence-electron chi connectivity index (χ0n) is 20.0. The van der Waals surface area contributed by atoms with E-state index in [1.165, 1.54) is 47.4 Å². The molecule has 11 heteroatoms. The van der Waals surface area contributed by atoms with Crippen LogP contribution in [0.25, 0.3) is 0 Å². The maximum Gasteiger partial charge on any atom is 0.422 e. The Morgan fingerprint density at radius 1 is 1.06 bits per heavy atom. The first-order chi connectivity index (χ1) is 16.8. The number of urea groups is 1. The molecule has 1 aliphatic heterocycles. The van der Waals surface area contributed by atoms with Gasteiger partial charge in [-0.3, -0.25) is 0 Å². The molecule has 196 valence electrons. The summed E-state index contributed by atoms with van der Waals surface area (Å²) >= 11 is 0. The lowest BCUT2D eigenvalue weighted by molar-refractivity contribution is -0.153. The van der Waals surface area contributed by atoms with Gasteiger partial charge in [0.1, 0.15) is 17.2 Å². The Hall–Kier alpha value is -3.47. The molecule has 1 fully saturated rings. The van der Waals surface area contributed by atoms with E-state index in [0.717, 1.165) is 0 Å². The van der Waals surface area contributed by atoms with E-state index in [1.807, 2.05) is 13.8 Å². The third kappa shape index (κ3) is 8.04. The van der Waals surface area contributed by atoms with Gasteiger partial charge in [-0.1, -0.05) is 13.8 Å². The molecule has 2 aromatic carbocycles. The first-order valence-electron chi connectivity index (χ1n) is 11.5. The average molecular weight is 511 g/mol. The zero-order chi connectivity index (χ0) is 26.5. The fraction of sp³-hybridized carbons (Fsp3) is 0.440. The first kappa shape index (κ1) is 27.1. The minimum Gasteiger partial charge on any atom is -0.484 e. The highest BCUT2D eigenvalue weighted by Gasteiger charge is 2.34. The van der Waals surface area contributed by atoms with Crippen LogP contribution < -0.4 is 14.8 Å². The predicted molar refractivity (Wildman–Crippen MR) is 126 cm³/mol. The summed E-state index contributed by atoms with van der Waals surface area (Å²) in [6.07, 6.45) is -3.08. The SMILES string of the molecule is CC(C)CC1(O)CCN(C(=O)Nc2cc(OCC(F)(F)F)cc(Oc3ccc(C(=O)O)cc3)c2)CC1. The normalized spacial score (nSPS) is 15.5. The standard InChI is InChI=1S/C25H29F3N2O6/c1-16(2)14-24(34)7-9-30(10-8-24)23(33)29-18-11-20(35-15-25(26,27)28)13-21(12-18)36-19-5-3-17(4-6-19)22(31)32/h3-6,11-13,16,34H,7-10,14-15H2,1-2H3,(H,29,33)(H,31,32). The summed E-state index contributed by atoms with van der Waals surface area (Å²) in [6, 6.07) is 8.88. The molecule has 2 aromatic rings. The van der Waals surface area contributed by atoms with E-state index in [-0.39, 0.29) is 28.5 Å². The maximum atomic E-state index is 12.8. The molecule has 8 nitrogen and oxygen atoms in total. The highest BCUT2D eigenvalue weighted by molar-refractivity contribution is 5.90. The summed E-state index contributed by atoms with van der Waals surface area (Å²) in [5.41, 5.74) is -0.632. The van der Waals surface area contributed by atoms with Crippen molar-refractivity contribution in [3.05, 3.63) is 48.0 Å². The number of amides is 2. The molecule has 0 atom stereocenters. The van der Waals surface area contributed by atoms with Crippen molar-refractivity contribution in [2.75, 3.05) is 25.0 Å². The van der Waals surface area contributed by atoms with Gasteiger partial charge in [0, 0.05) is 37.0 Å². The number of aliphatic hydroxyl groups is 1. The molecule has 0 aliphatic carbocycles. The fourth-order valence-electron chi connectivity index (χ4n) is 4.05. The van der Waals surface area contributed by atoms with Crippen molar-refractivity contribution in [3.8, 4) is 17.2 Å². The number of nitrogens with zero attached hydrogens (tertiary/aromatic N) is 1. The third-order valence-corrected chi connectivity index (χ3v) is 5.64. The van der Waals surface area contributed by atoms with Gasteiger partial charge in [-0.15, -0.1) is 0 Å². The smallest absolute Gasteiger partial charge is 0.422 e. The average Bonchev–Trinajstić information content (AvgIpc) is 2.77. The van der Waals surface area contributed by atoms with Crippen LogP contribution in [0.2, 0.25) is 0 Å². The van der Waals surface area contributed by atoms with E-state index in [0.29, 0.717) is 38.3 Å². The number of carboxylic acid groups (broad SMARTS) is 1. The van der Waals surface area contributed by atoms with E-state index in [2.05, 4.69) is 5.32 Å². The number of hydrogen-bond donors (Lipinski definition) is 3. The van der Waals surface area contributed by atoms with Gasteiger partial charge in [-0.05, 0) is 49.4 Å². The number of ether oxygens (including phenoxy) is 2. The topological polar surface area (TPSA) is 108 Å². The zero-order valence-corrected chi connectivity index (χ0v) is 20.0.